The van der Waals surface area contributed by atoms with Crippen molar-refractivity contribution < 1.29 is 4.79 Å². The van der Waals surface area contributed by atoms with Gasteiger partial charge in [-0.3, -0.25) is 9.78 Å². The molecule has 1 aromatic heterocycles. The van der Waals surface area contributed by atoms with Crippen LogP contribution >= 0.6 is 15.9 Å². The van der Waals surface area contributed by atoms with Gasteiger partial charge in [0.2, 0.25) is 0 Å². The van der Waals surface area contributed by atoms with E-state index in [2.05, 4.69) is 25.8 Å². The van der Waals surface area contributed by atoms with Gasteiger partial charge in [-0.1, -0.05) is 0 Å². The van der Waals surface area contributed by atoms with E-state index in [1.165, 1.54) is 32.4 Å². The van der Waals surface area contributed by atoms with Crippen LogP contribution in [0.25, 0.3) is 0 Å². The molecule has 2 aliphatic heterocycles. The number of carbonyl (C=O) groups excluding carboxylic acids is 1. The van der Waals surface area contributed by atoms with Gasteiger partial charge in [-0.05, 0) is 67.2 Å². The molecule has 0 bridgehead atoms. The van der Waals surface area contributed by atoms with E-state index in [1.807, 2.05) is 11.0 Å². The van der Waals surface area contributed by atoms with Crippen molar-refractivity contribution >= 4 is 21.8 Å². The summed E-state index contributed by atoms with van der Waals surface area (Å²) in [5.41, 5.74) is 0.684. The van der Waals surface area contributed by atoms with Gasteiger partial charge in [0.25, 0.3) is 5.91 Å². The number of nitrogens with zero attached hydrogens (tertiary/aromatic N) is 3. The number of rotatable bonds is 2. The zero-order chi connectivity index (χ0) is 14.7. The van der Waals surface area contributed by atoms with Gasteiger partial charge in [-0.2, -0.15) is 0 Å². The van der Waals surface area contributed by atoms with E-state index in [0.29, 0.717) is 11.6 Å². The molecule has 0 saturated carbocycles. The molecule has 3 rings (SSSR count). The lowest BCUT2D eigenvalue weighted by Crippen LogP contribution is -2.35. The molecule has 1 aromatic rings. The van der Waals surface area contributed by atoms with Crippen molar-refractivity contribution in [2.24, 2.45) is 0 Å². The molecule has 4 nitrogen and oxygen atoms in total. The van der Waals surface area contributed by atoms with E-state index in [-0.39, 0.29) is 5.91 Å². The minimum Gasteiger partial charge on any atom is -0.339 e. The van der Waals surface area contributed by atoms with Crippen LogP contribution in [0, 0.1) is 0 Å². The van der Waals surface area contributed by atoms with Crippen molar-refractivity contribution in [1.82, 2.24) is 14.8 Å². The molecule has 3 heterocycles. The Bertz CT molecular complexity index is 502. The van der Waals surface area contributed by atoms with Crippen molar-refractivity contribution in [3.8, 4) is 0 Å². The molecule has 21 heavy (non-hydrogen) atoms. The minimum atomic E-state index is 0.117. The first kappa shape index (κ1) is 15.0. The van der Waals surface area contributed by atoms with Crippen molar-refractivity contribution in [3.05, 3.63) is 28.5 Å². The second kappa shape index (κ2) is 6.88. The average molecular weight is 352 g/mol. The fourth-order valence-corrected chi connectivity index (χ4v) is 3.83. The summed E-state index contributed by atoms with van der Waals surface area (Å²) in [7, 11) is 0. The Morgan fingerprint density at radius 2 is 1.90 bits per heavy atom. The van der Waals surface area contributed by atoms with Crippen LogP contribution in [0.15, 0.2) is 22.9 Å². The van der Waals surface area contributed by atoms with Crippen LogP contribution < -0.4 is 0 Å². The highest BCUT2D eigenvalue weighted by Gasteiger charge is 2.26. The number of carbonyl (C=O) groups is 1. The molecular weight excluding hydrogens is 330 g/mol. The molecule has 5 heteroatoms. The molecule has 0 radical (unpaired) electrons. The lowest BCUT2D eigenvalue weighted by molar-refractivity contribution is 0.0757. The SMILES string of the molecule is O=C(c1cncc(Br)c1)N1CCCC(N2CCCC2)CC1. The third-order valence-corrected chi connectivity index (χ3v) is 5.03. The van der Waals surface area contributed by atoms with Crippen LogP contribution in [-0.4, -0.2) is 52.9 Å². The predicted octanol–water partition coefficient (Wildman–Crippen LogP) is 2.93. The molecule has 2 aliphatic rings. The topological polar surface area (TPSA) is 36.4 Å². The summed E-state index contributed by atoms with van der Waals surface area (Å²) in [5.74, 6) is 0.117. The number of pyridine rings is 1. The number of hydrogen-bond acceptors (Lipinski definition) is 3. The second-order valence-corrected chi connectivity index (χ2v) is 6.93. The molecule has 0 aliphatic carbocycles. The van der Waals surface area contributed by atoms with E-state index in [4.69, 9.17) is 0 Å². The first-order valence-electron chi connectivity index (χ1n) is 7.88. The summed E-state index contributed by atoms with van der Waals surface area (Å²) in [5, 5.41) is 0. The van der Waals surface area contributed by atoms with Gasteiger partial charge >= 0.3 is 0 Å². The van der Waals surface area contributed by atoms with Crippen molar-refractivity contribution in [3.63, 3.8) is 0 Å². The van der Waals surface area contributed by atoms with Gasteiger partial charge in [0.15, 0.2) is 0 Å². The summed E-state index contributed by atoms with van der Waals surface area (Å²) in [6.45, 7) is 4.23. The second-order valence-electron chi connectivity index (χ2n) is 6.01. The quantitative estimate of drug-likeness (QED) is 0.821. The van der Waals surface area contributed by atoms with Crippen molar-refractivity contribution in [2.45, 2.75) is 38.1 Å². The van der Waals surface area contributed by atoms with Crippen molar-refractivity contribution in [2.75, 3.05) is 26.2 Å². The Morgan fingerprint density at radius 1 is 1.10 bits per heavy atom. The number of halogens is 1. The normalized spacial score (nSPS) is 24.0. The van der Waals surface area contributed by atoms with Crippen molar-refractivity contribution in [1.29, 1.82) is 0 Å². The fourth-order valence-electron chi connectivity index (χ4n) is 3.47. The molecule has 0 aromatic carbocycles. The Labute approximate surface area is 134 Å². The van der Waals surface area contributed by atoms with Crippen LogP contribution in [0.3, 0.4) is 0 Å². The molecule has 1 atom stereocenters. The lowest BCUT2D eigenvalue weighted by atomic mass is 10.1. The van der Waals surface area contributed by atoms with Gasteiger partial charge in [0.1, 0.15) is 0 Å². The van der Waals surface area contributed by atoms with Gasteiger partial charge in [0.05, 0.1) is 5.56 Å². The maximum absolute atomic E-state index is 12.6. The van der Waals surface area contributed by atoms with Gasteiger partial charge in [-0.15, -0.1) is 0 Å². The predicted molar refractivity (Wildman–Crippen MR) is 86.3 cm³/mol. The number of likely N-dealkylation sites (tertiary alicyclic amines) is 2. The summed E-state index contributed by atoms with van der Waals surface area (Å²) < 4.78 is 0.859. The Kier molecular flexibility index (Phi) is 4.91. The standard InChI is InChI=1S/C16H22BrN3O/c17-14-10-13(11-18-12-14)16(21)20-8-3-4-15(5-9-20)19-6-1-2-7-19/h10-12,15H,1-9H2. The molecule has 1 amide bonds. The van der Waals surface area contributed by atoms with Crippen LogP contribution in [0.1, 0.15) is 42.5 Å². The number of aromatic nitrogens is 1. The maximum Gasteiger partial charge on any atom is 0.255 e. The maximum atomic E-state index is 12.6. The third kappa shape index (κ3) is 3.64. The zero-order valence-electron chi connectivity index (χ0n) is 12.3. The van der Waals surface area contributed by atoms with Crippen LogP contribution in [-0.2, 0) is 0 Å². The average Bonchev–Trinajstić information content (AvgIpc) is 2.91. The molecule has 0 spiro atoms. The van der Waals surface area contributed by atoms with E-state index in [0.717, 1.165) is 30.4 Å². The lowest BCUT2D eigenvalue weighted by Gasteiger charge is -2.26. The summed E-state index contributed by atoms with van der Waals surface area (Å²) in [6, 6.07) is 2.53. The van der Waals surface area contributed by atoms with E-state index >= 15 is 0 Å². The minimum absolute atomic E-state index is 0.117. The number of hydrogen-bond donors (Lipinski definition) is 0. The molecule has 2 fully saturated rings. The van der Waals surface area contributed by atoms with Gasteiger partial charge in [-0.25, -0.2) is 0 Å². The van der Waals surface area contributed by atoms with E-state index in [1.54, 1.807) is 12.4 Å². The van der Waals surface area contributed by atoms with E-state index in [9.17, 15) is 4.79 Å². The fraction of sp³-hybridized carbons (Fsp3) is 0.625. The molecule has 1 unspecified atom stereocenters. The van der Waals surface area contributed by atoms with Crippen LogP contribution in [0.2, 0.25) is 0 Å². The van der Waals surface area contributed by atoms with Gasteiger partial charge < -0.3 is 9.80 Å². The highest BCUT2D eigenvalue weighted by Crippen LogP contribution is 2.22. The van der Waals surface area contributed by atoms with Gasteiger partial charge in [0, 0.05) is 36.0 Å². The Morgan fingerprint density at radius 3 is 2.67 bits per heavy atom. The number of amides is 1. The third-order valence-electron chi connectivity index (χ3n) is 4.59. The smallest absolute Gasteiger partial charge is 0.255 e. The Balaban J connectivity index is 1.63. The molecule has 0 N–H and O–H groups in total. The Hall–Kier alpha value is -0.940. The monoisotopic (exact) mass is 351 g/mol. The van der Waals surface area contributed by atoms with Crippen LogP contribution in [0.4, 0.5) is 0 Å². The molecular formula is C16H22BrN3O. The van der Waals surface area contributed by atoms with E-state index < -0.39 is 0 Å². The van der Waals surface area contributed by atoms with Crippen LogP contribution in [0.5, 0.6) is 0 Å². The largest absolute Gasteiger partial charge is 0.339 e. The highest BCUT2D eigenvalue weighted by atomic mass is 79.9. The highest BCUT2D eigenvalue weighted by molar-refractivity contribution is 9.10. The summed E-state index contributed by atoms with van der Waals surface area (Å²) >= 11 is 3.38. The zero-order valence-corrected chi connectivity index (χ0v) is 13.9. The molecule has 2 saturated heterocycles. The summed E-state index contributed by atoms with van der Waals surface area (Å²) in [6.07, 6.45) is 9.48. The molecule has 114 valence electrons. The first-order chi connectivity index (χ1) is 10.2. The summed E-state index contributed by atoms with van der Waals surface area (Å²) in [4.78, 5) is 21.3. The first-order valence-corrected chi connectivity index (χ1v) is 8.67.